The zero-order valence-corrected chi connectivity index (χ0v) is 23.7. The number of hydrogen-bond acceptors (Lipinski definition) is 4. The Balaban J connectivity index is 2.33. The van der Waals surface area contributed by atoms with Crippen molar-refractivity contribution >= 4 is 6.09 Å². The van der Waals surface area contributed by atoms with E-state index in [-0.39, 0.29) is 29.7 Å². The number of alkyl halides is 6. The molecule has 1 amide bonds. The van der Waals surface area contributed by atoms with E-state index in [1.54, 1.807) is 4.90 Å². The third kappa shape index (κ3) is 8.25. The van der Waals surface area contributed by atoms with Gasteiger partial charge in [-0.3, -0.25) is 0 Å². The smallest absolute Gasteiger partial charge is 0.416 e. The van der Waals surface area contributed by atoms with Gasteiger partial charge in [-0.1, -0.05) is 40.0 Å². The van der Waals surface area contributed by atoms with Crippen LogP contribution in [-0.2, 0) is 21.8 Å². The van der Waals surface area contributed by atoms with E-state index in [0.717, 1.165) is 37.8 Å². The zero-order chi connectivity index (χ0) is 29.6. The number of unbranched alkanes of at least 4 members (excludes halogenated alkanes) is 2. The number of methoxy groups -OCH3 is 1. The second-order valence-electron chi connectivity index (χ2n) is 11.0. The van der Waals surface area contributed by atoms with Crippen molar-refractivity contribution in [3.8, 4) is 0 Å². The van der Waals surface area contributed by atoms with Gasteiger partial charge in [0.2, 0.25) is 0 Å². The number of carbonyl (C=O) groups excluding carboxylic acids is 1. The quantitative estimate of drug-likeness (QED) is 0.217. The molecule has 0 radical (unpaired) electrons. The minimum absolute atomic E-state index is 0.0853. The Bertz CT molecular complexity index is 908. The summed E-state index contributed by atoms with van der Waals surface area (Å²) in [5.74, 6) is 0. The van der Waals surface area contributed by atoms with Gasteiger partial charge >= 0.3 is 18.4 Å². The molecule has 0 aromatic heterocycles. The number of carbonyl (C=O) groups is 1. The topological polar surface area (TPSA) is 50.8 Å². The number of likely N-dealkylation sites (N-methyl/N-ethyl adjacent to an activating group) is 1. The van der Waals surface area contributed by atoms with Crippen LogP contribution in [0.4, 0.5) is 31.1 Å². The summed E-state index contributed by atoms with van der Waals surface area (Å²) in [5.41, 5.74) is -3.82. The average Bonchev–Trinajstić information content (AvgIpc) is 2.87. The molecular formula is C28H42F6N2O3. The summed E-state index contributed by atoms with van der Waals surface area (Å²) in [6.07, 6.45) is -6.15. The molecular weight excluding hydrogens is 526 g/mol. The predicted molar refractivity (Wildman–Crippen MR) is 137 cm³/mol. The van der Waals surface area contributed by atoms with Gasteiger partial charge in [-0.25, -0.2) is 4.79 Å². The zero-order valence-electron chi connectivity index (χ0n) is 23.7. The van der Waals surface area contributed by atoms with Gasteiger partial charge in [0.15, 0.2) is 0 Å². The Morgan fingerprint density at radius 3 is 2.10 bits per heavy atom. The molecule has 0 bridgehead atoms. The molecule has 39 heavy (non-hydrogen) atoms. The highest BCUT2D eigenvalue weighted by atomic mass is 19.4. The summed E-state index contributed by atoms with van der Waals surface area (Å²) in [4.78, 5) is 13.9. The standard InChI is InChI=1S/C28H42F6N2O3/c1-7-9-10-12-25(4,5)26(13-11-23(17-35-26)36(8-2)24(37)38-6)18-39-19(3)20-14-21(27(29,30)31)16-22(15-20)28(32,33)34/h14-16,19,23,35H,7-13,17-18H2,1-6H3/t19-,23+,26-/m1/s1. The Kier molecular flexibility index (Phi) is 11.2. The minimum atomic E-state index is -4.93. The average molecular weight is 569 g/mol. The number of nitrogens with one attached hydrogen (secondary N) is 1. The van der Waals surface area contributed by atoms with Gasteiger partial charge in [-0.2, -0.15) is 26.3 Å². The molecule has 1 aromatic carbocycles. The summed E-state index contributed by atoms with van der Waals surface area (Å²) >= 11 is 0. The summed E-state index contributed by atoms with van der Waals surface area (Å²) in [5, 5.41) is 3.59. The molecule has 2 rings (SSSR count). The van der Waals surface area contributed by atoms with Crippen molar-refractivity contribution in [2.75, 3.05) is 26.8 Å². The van der Waals surface area contributed by atoms with Gasteiger partial charge < -0.3 is 19.7 Å². The molecule has 1 saturated heterocycles. The van der Waals surface area contributed by atoms with Crippen LogP contribution in [0.3, 0.4) is 0 Å². The first kappa shape index (κ1) is 33.2. The third-order valence-corrected chi connectivity index (χ3v) is 8.13. The van der Waals surface area contributed by atoms with E-state index in [4.69, 9.17) is 9.47 Å². The normalized spacial score (nSPS) is 21.5. The third-order valence-electron chi connectivity index (χ3n) is 8.13. The van der Waals surface area contributed by atoms with Crippen molar-refractivity contribution < 1.29 is 40.6 Å². The summed E-state index contributed by atoms with van der Waals surface area (Å²) < 4.78 is 91.4. The van der Waals surface area contributed by atoms with Crippen LogP contribution in [0.15, 0.2) is 18.2 Å². The minimum Gasteiger partial charge on any atom is -0.453 e. The van der Waals surface area contributed by atoms with Crippen molar-refractivity contribution in [2.24, 2.45) is 5.41 Å². The van der Waals surface area contributed by atoms with Gasteiger partial charge in [0.05, 0.1) is 30.9 Å². The number of rotatable bonds is 11. The van der Waals surface area contributed by atoms with Crippen LogP contribution in [0, 0.1) is 5.41 Å². The van der Waals surface area contributed by atoms with E-state index in [1.165, 1.54) is 14.0 Å². The lowest BCUT2D eigenvalue weighted by Crippen LogP contribution is -2.65. The Labute approximate surface area is 227 Å². The van der Waals surface area contributed by atoms with E-state index in [2.05, 4.69) is 26.1 Å². The number of ether oxygens (including phenoxy) is 2. The van der Waals surface area contributed by atoms with Gasteiger partial charge in [0, 0.05) is 24.7 Å². The van der Waals surface area contributed by atoms with Crippen molar-refractivity contribution in [3.05, 3.63) is 34.9 Å². The van der Waals surface area contributed by atoms with Crippen LogP contribution >= 0.6 is 0 Å². The molecule has 224 valence electrons. The van der Waals surface area contributed by atoms with E-state index in [0.29, 0.717) is 25.9 Å². The van der Waals surface area contributed by atoms with Gasteiger partial charge in [0.1, 0.15) is 0 Å². The second-order valence-corrected chi connectivity index (χ2v) is 11.0. The number of piperidine rings is 1. The molecule has 0 unspecified atom stereocenters. The maximum Gasteiger partial charge on any atom is 0.416 e. The van der Waals surface area contributed by atoms with Crippen molar-refractivity contribution in [3.63, 3.8) is 0 Å². The first-order valence-corrected chi connectivity index (χ1v) is 13.5. The monoisotopic (exact) mass is 568 g/mol. The highest BCUT2D eigenvalue weighted by molar-refractivity contribution is 5.67. The largest absolute Gasteiger partial charge is 0.453 e. The fourth-order valence-electron chi connectivity index (χ4n) is 5.37. The van der Waals surface area contributed by atoms with Crippen LogP contribution in [0.5, 0.6) is 0 Å². The summed E-state index contributed by atoms with van der Waals surface area (Å²) in [7, 11) is 1.33. The van der Waals surface area contributed by atoms with Crippen LogP contribution in [-0.4, -0.2) is 49.4 Å². The Morgan fingerprint density at radius 2 is 1.67 bits per heavy atom. The van der Waals surface area contributed by atoms with E-state index >= 15 is 0 Å². The molecule has 3 atom stereocenters. The lowest BCUT2D eigenvalue weighted by Gasteiger charge is -2.52. The van der Waals surface area contributed by atoms with Crippen molar-refractivity contribution in [2.45, 2.75) is 103 Å². The number of nitrogens with zero attached hydrogens (tertiary/aromatic N) is 1. The first-order valence-electron chi connectivity index (χ1n) is 13.5. The molecule has 1 N–H and O–H groups in total. The van der Waals surface area contributed by atoms with E-state index in [1.807, 2.05) is 6.92 Å². The van der Waals surface area contributed by atoms with Crippen LogP contribution in [0.2, 0.25) is 0 Å². The first-order chi connectivity index (χ1) is 18.0. The molecule has 5 nitrogen and oxygen atoms in total. The summed E-state index contributed by atoms with van der Waals surface area (Å²) in [6, 6.07) is 1.45. The lowest BCUT2D eigenvalue weighted by atomic mass is 9.65. The SMILES string of the molecule is CCCCCC(C)(C)[C@]1(CO[C@H](C)c2cc(C(F)(F)F)cc(C(F)(F)F)c2)CC[C@H](N(CC)C(=O)OC)CN1. The number of benzene rings is 1. The summed E-state index contributed by atoms with van der Waals surface area (Å²) in [6.45, 7) is 10.7. The van der Waals surface area contributed by atoms with Gasteiger partial charge in [-0.15, -0.1) is 0 Å². The molecule has 11 heteroatoms. The highest BCUT2D eigenvalue weighted by Gasteiger charge is 2.48. The molecule has 1 aliphatic heterocycles. The highest BCUT2D eigenvalue weighted by Crippen LogP contribution is 2.43. The molecule has 1 fully saturated rings. The fraction of sp³-hybridized carbons (Fsp3) is 0.750. The molecule has 1 heterocycles. The molecule has 1 aromatic rings. The van der Waals surface area contributed by atoms with Gasteiger partial charge in [-0.05, 0) is 62.3 Å². The van der Waals surface area contributed by atoms with Crippen molar-refractivity contribution in [1.82, 2.24) is 10.2 Å². The molecule has 0 aliphatic carbocycles. The maximum atomic E-state index is 13.4. The van der Waals surface area contributed by atoms with Crippen LogP contribution in [0.25, 0.3) is 0 Å². The van der Waals surface area contributed by atoms with E-state index < -0.39 is 41.2 Å². The van der Waals surface area contributed by atoms with Crippen LogP contribution < -0.4 is 5.32 Å². The second kappa shape index (κ2) is 13.1. The predicted octanol–water partition coefficient (Wildman–Crippen LogP) is 7.99. The Morgan fingerprint density at radius 1 is 1.08 bits per heavy atom. The number of amides is 1. The fourth-order valence-corrected chi connectivity index (χ4v) is 5.37. The van der Waals surface area contributed by atoms with Crippen LogP contribution in [0.1, 0.15) is 95.9 Å². The number of hydrogen-bond donors (Lipinski definition) is 1. The number of halogens is 6. The molecule has 0 saturated carbocycles. The van der Waals surface area contributed by atoms with Crippen molar-refractivity contribution in [1.29, 1.82) is 0 Å². The van der Waals surface area contributed by atoms with Gasteiger partial charge in [0.25, 0.3) is 0 Å². The lowest BCUT2D eigenvalue weighted by molar-refractivity contribution is -0.143. The van der Waals surface area contributed by atoms with E-state index in [9.17, 15) is 31.1 Å². The maximum absolute atomic E-state index is 13.4. The molecule has 0 spiro atoms. The molecule has 1 aliphatic rings. The Hall–Kier alpha value is -2.01.